The first-order chi connectivity index (χ1) is 9.93. The molecule has 2 aliphatic heterocycles. The molecule has 2 aliphatic rings. The number of hydrogen-bond acceptors (Lipinski definition) is 3. The van der Waals surface area contributed by atoms with Gasteiger partial charge in [-0.2, -0.15) is 17.0 Å². The van der Waals surface area contributed by atoms with E-state index in [1.807, 2.05) is 7.05 Å². The number of hydrogen-bond donors (Lipinski definition) is 1. The maximum absolute atomic E-state index is 12.9. The molecule has 6 heteroatoms. The van der Waals surface area contributed by atoms with E-state index in [1.54, 1.807) is 8.61 Å². The Morgan fingerprint density at radius 1 is 1.19 bits per heavy atom. The normalized spacial score (nSPS) is 28.6. The van der Waals surface area contributed by atoms with Crippen LogP contribution in [0.3, 0.4) is 0 Å². The van der Waals surface area contributed by atoms with Gasteiger partial charge in [-0.15, -0.1) is 0 Å². The van der Waals surface area contributed by atoms with Crippen LogP contribution in [0.2, 0.25) is 0 Å². The molecule has 0 radical (unpaired) electrons. The van der Waals surface area contributed by atoms with Gasteiger partial charge in [-0.25, -0.2) is 0 Å². The van der Waals surface area contributed by atoms with Gasteiger partial charge in [0.25, 0.3) is 10.2 Å². The largest absolute Gasteiger partial charge is 0.318 e. The lowest BCUT2D eigenvalue weighted by Gasteiger charge is -2.42. The topological polar surface area (TPSA) is 52.7 Å². The molecule has 1 atom stereocenters. The summed E-state index contributed by atoms with van der Waals surface area (Å²) in [4.78, 5) is 0. The summed E-state index contributed by atoms with van der Waals surface area (Å²) in [5, 5.41) is 3.14. The molecule has 2 fully saturated rings. The summed E-state index contributed by atoms with van der Waals surface area (Å²) >= 11 is 0. The van der Waals surface area contributed by atoms with E-state index >= 15 is 0 Å². The van der Waals surface area contributed by atoms with Crippen LogP contribution in [0.1, 0.15) is 52.4 Å². The Bertz CT molecular complexity index is 428. The Morgan fingerprint density at radius 3 is 2.43 bits per heavy atom. The third-order valence-corrected chi connectivity index (χ3v) is 7.51. The quantitative estimate of drug-likeness (QED) is 0.841. The molecule has 1 unspecified atom stereocenters. The molecule has 0 amide bonds. The van der Waals surface area contributed by atoms with Crippen molar-refractivity contribution < 1.29 is 8.42 Å². The monoisotopic (exact) mass is 317 g/mol. The third kappa shape index (κ3) is 3.78. The van der Waals surface area contributed by atoms with Gasteiger partial charge in [-0.05, 0) is 38.1 Å². The minimum atomic E-state index is -3.29. The second-order valence-corrected chi connectivity index (χ2v) is 8.77. The van der Waals surface area contributed by atoms with Crippen molar-refractivity contribution in [3.8, 4) is 0 Å². The Hall–Kier alpha value is -0.170. The minimum absolute atomic E-state index is 0.119. The summed E-state index contributed by atoms with van der Waals surface area (Å²) in [5.74, 6) is 0. The molecule has 0 aromatic heterocycles. The van der Waals surface area contributed by atoms with Crippen LogP contribution >= 0.6 is 0 Å². The second-order valence-electron chi connectivity index (χ2n) is 6.89. The maximum Gasteiger partial charge on any atom is 0.282 e. The molecule has 21 heavy (non-hydrogen) atoms. The Labute approximate surface area is 130 Å². The van der Waals surface area contributed by atoms with Gasteiger partial charge in [-0.3, -0.25) is 0 Å². The van der Waals surface area contributed by atoms with Gasteiger partial charge in [-0.1, -0.05) is 26.7 Å². The van der Waals surface area contributed by atoms with E-state index in [4.69, 9.17) is 0 Å². The summed E-state index contributed by atoms with van der Waals surface area (Å²) in [6.45, 7) is 7.26. The molecule has 2 heterocycles. The van der Waals surface area contributed by atoms with Crippen molar-refractivity contribution in [3.63, 3.8) is 0 Å². The van der Waals surface area contributed by atoms with Crippen LogP contribution in [-0.4, -0.2) is 56.3 Å². The lowest BCUT2D eigenvalue weighted by molar-refractivity contribution is 0.154. The number of piperidine rings is 2. The molecular weight excluding hydrogens is 286 g/mol. The predicted molar refractivity (Wildman–Crippen MR) is 86.4 cm³/mol. The van der Waals surface area contributed by atoms with E-state index in [0.29, 0.717) is 25.0 Å². The SMILES string of the molecule is CCC1(C)CCN(S(=O)(=O)N2CCCCC2CNC)CC1. The van der Waals surface area contributed by atoms with Gasteiger partial charge in [0.2, 0.25) is 0 Å². The molecule has 0 spiro atoms. The third-order valence-electron chi connectivity index (χ3n) is 5.42. The van der Waals surface area contributed by atoms with Crippen molar-refractivity contribution in [1.29, 1.82) is 0 Å². The van der Waals surface area contributed by atoms with E-state index in [9.17, 15) is 8.42 Å². The van der Waals surface area contributed by atoms with E-state index < -0.39 is 10.2 Å². The van der Waals surface area contributed by atoms with Gasteiger partial charge in [0.05, 0.1) is 0 Å². The smallest absolute Gasteiger partial charge is 0.282 e. The van der Waals surface area contributed by atoms with Crippen molar-refractivity contribution in [2.75, 3.05) is 33.2 Å². The molecule has 0 aromatic carbocycles. The number of rotatable bonds is 5. The van der Waals surface area contributed by atoms with E-state index in [-0.39, 0.29) is 6.04 Å². The highest BCUT2D eigenvalue weighted by atomic mass is 32.2. The molecule has 124 valence electrons. The fourth-order valence-electron chi connectivity index (χ4n) is 3.48. The first kappa shape index (κ1) is 17.2. The first-order valence-electron chi connectivity index (χ1n) is 8.34. The highest BCUT2D eigenvalue weighted by molar-refractivity contribution is 7.86. The van der Waals surface area contributed by atoms with Crippen LogP contribution in [0.4, 0.5) is 0 Å². The lowest BCUT2D eigenvalue weighted by Crippen LogP contribution is -2.55. The average Bonchev–Trinajstić information content (AvgIpc) is 2.48. The zero-order valence-corrected chi connectivity index (χ0v) is 14.6. The number of likely N-dealkylation sites (N-methyl/N-ethyl adjacent to an activating group) is 1. The molecule has 0 saturated carbocycles. The molecule has 0 aromatic rings. The first-order valence-corrected chi connectivity index (χ1v) is 9.74. The van der Waals surface area contributed by atoms with Crippen LogP contribution in [0.25, 0.3) is 0 Å². The van der Waals surface area contributed by atoms with Crippen LogP contribution in [0.15, 0.2) is 0 Å². The van der Waals surface area contributed by atoms with Crippen molar-refractivity contribution in [2.24, 2.45) is 5.41 Å². The Kier molecular flexibility index (Phi) is 5.68. The highest BCUT2D eigenvalue weighted by Crippen LogP contribution is 2.35. The molecule has 1 N–H and O–H groups in total. The van der Waals surface area contributed by atoms with Crippen LogP contribution in [-0.2, 0) is 10.2 Å². The van der Waals surface area contributed by atoms with Crippen LogP contribution in [0.5, 0.6) is 0 Å². The van der Waals surface area contributed by atoms with Gasteiger partial charge >= 0.3 is 0 Å². The van der Waals surface area contributed by atoms with Gasteiger partial charge in [0.1, 0.15) is 0 Å². The summed E-state index contributed by atoms with van der Waals surface area (Å²) in [7, 11) is -1.39. The summed E-state index contributed by atoms with van der Waals surface area (Å²) in [6.07, 6.45) is 6.18. The van der Waals surface area contributed by atoms with Crippen LogP contribution in [0, 0.1) is 5.41 Å². The average molecular weight is 317 g/mol. The standard InChI is InChI=1S/C15H31N3O2S/c1-4-15(2)8-11-17(12-9-15)21(19,20)18-10-6-5-7-14(18)13-16-3/h14,16H,4-13H2,1-3H3. The van der Waals surface area contributed by atoms with Gasteiger partial charge in [0.15, 0.2) is 0 Å². The summed E-state index contributed by atoms with van der Waals surface area (Å²) in [5.41, 5.74) is 0.318. The molecule has 0 bridgehead atoms. The summed E-state index contributed by atoms with van der Waals surface area (Å²) in [6, 6.07) is 0.119. The van der Waals surface area contributed by atoms with Crippen molar-refractivity contribution in [2.45, 2.75) is 58.4 Å². The predicted octanol–water partition coefficient (Wildman–Crippen LogP) is 1.82. The fraction of sp³-hybridized carbons (Fsp3) is 1.00. The van der Waals surface area contributed by atoms with Crippen molar-refractivity contribution in [1.82, 2.24) is 13.9 Å². The van der Waals surface area contributed by atoms with E-state index in [2.05, 4.69) is 19.2 Å². The lowest BCUT2D eigenvalue weighted by atomic mass is 9.79. The molecule has 5 nitrogen and oxygen atoms in total. The zero-order chi connectivity index (χ0) is 15.5. The molecular formula is C15H31N3O2S. The Balaban J connectivity index is 2.07. The molecule has 2 rings (SSSR count). The molecule has 2 saturated heterocycles. The highest BCUT2D eigenvalue weighted by Gasteiger charge is 2.39. The maximum atomic E-state index is 12.9. The molecule has 0 aliphatic carbocycles. The van der Waals surface area contributed by atoms with E-state index in [0.717, 1.165) is 45.1 Å². The van der Waals surface area contributed by atoms with Gasteiger partial charge < -0.3 is 5.32 Å². The number of nitrogens with one attached hydrogen (secondary N) is 1. The Morgan fingerprint density at radius 2 is 1.86 bits per heavy atom. The van der Waals surface area contributed by atoms with E-state index in [1.165, 1.54) is 0 Å². The summed E-state index contributed by atoms with van der Waals surface area (Å²) < 4.78 is 29.4. The zero-order valence-electron chi connectivity index (χ0n) is 13.8. The van der Waals surface area contributed by atoms with Crippen LogP contribution < -0.4 is 5.32 Å². The van der Waals surface area contributed by atoms with Crippen molar-refractivity contribution in [3.05, 3.63) is 0 Å². The van der Waals surface area contributed by atoms with Crippen molar-refractivity contribution >= 4 is 10.2 Å². The van der Waals surface area contributed by atoms with Gasteiger partial charge in [0, 0.05) is 32.2 Å². The minimum Gasteiger partial charge on any atom is -0.318 e. The number of nitrogens with zero attached hydrogens (tertiary/aromatic N) is 2. The fourth-order valence-corrected chi connectivity index (χ4v) is 5.33. The second kappa shape index (κ2) is 6.94.